The zero-order valence-corrected chi connectivity index (χ0v) is 26.0. The van der Waals surface area contributed by atoms with Crippen molar-refractivity contribution in [2.24, 2.45) is 16.5 Å². The van der Waals surface area contributed by atoms with E-state index in [0.717, 1.165) is 24.3 Å². The number of aryl methyl sites for hydroxylation is 2. The molecular weight excluding hydrogens is 532 g/mol. The van der Waals surface area contributed by atoms with Crippen LogP contribution in [0.4, 0.5) is 17.5 Å². The van der Waals surface area contributed by atoms with Crippen molar-refractivity contribution in [3.63, 3.8) is 0 Å². The van der Waals surface area contributed by atoms with Crippen molar-refractivity contribution in [3.8, 4) is 0 Å². The highest BCUT2D eigenvalue weighted by Crippen LogP contribution is 2.49. The largest absolute Gasteiger partial charge is 0.402 e. The third-order valence-corrected chi connectivity index (χ3v) is 9.48. The molecule has 0 amide bonds. The summed E-state index contributed by atoms with van der Waals surface area (Å²) in [5.74, 6) is 1.52. The van der Waals surface area contributed by atoms with Crippen LogP contribution in [0.25, 0.3) is 0 Å². The fraction of sp³-hybridized carbons (Fsp3) is 0.531. The number of anilines is 2. The van der Waals surface area contributed by atoms with Crippen LogP contribution in [0.2, 0.25) is 5.02 Å². The van der Waals surface area contributed by atoms with Gasteiger partial charge in [-0.05, 0) is 127 Å². The zero-order chi connectivity index (χ0) is 29.3. The number of rotatable bonds is 8. The second kappa shape index (κ2) is 12.0. The topological polar surface area (TPSA) is 109 Å². The molecule has 1 aliphatic heterocycles. The molecule has 5 rings (SSSR count). The number of benzene rings is 1. The number of aliphatic imine (C=N–C) groups is 1. The Hall–Kier alpha value is -3.10. The zero-order valence-electron chi connectivity index (χ0n) is 25.2. The number of piperidine rings is 1. The number of amidine groups is 1. The highest BCUT2D eigenvalue weighted by atomic mass is 35.5. The normalized spacial score (nSPS) is 19.7. The molecule has 2 aliphatic carbocycles. The first-order valence-electron chi connectivity index (χ1n) is 14.9. The summed E-state index contributed by atoms with van der Waals surface area (Å²) in [6, 6.07) is 4.56. The maximum atomic E-state index is 6.28. The van der Waals surface area contributed by atoms with Crippen molar-refractivity contribution in [2.75, 3.05) is 32.5 Å². The van der Waals surface area contributed by atoms with E-state index in [1.807, 2.05) is 0 Å². The molecule has 0 bridgehead atoms. The standard InChI is InChI=1S/C32H45ClN8/c1-20-17-27(37-31-36-19-26(33)30(39-31)38-28(35)18-22(3)34)21(2)16-25(20)23-10-14-41(15-11-23)29(24-8-6-9-24)32(40(4)5)12-7-13-32/h16-19,23H,6-15,34H2,1-5H3,(H3,35,36,37,38,39)/b22-18-. The number of nitrogens with zero attached hydrogens (tertiary/aromatic N) is 5. The van der Waals surface area contributed by atoms with Crippen molar-refractivity contribution >= 4 is 34.9 Å². The summed E-state index contributed by atoms with van der Waals surface area (Å²) in [5.41, 5.74) is 20.8. The number of hydrogen-bond acceptors (Lipinski definition) is 7. The summed E-state index contributed by atoms with van der Waals surface area (Å²) in [5, 5.41) is 3.68. The molecule has 1 aromatic heterocycles. The fourth-order valence-corrected chi connectivity index (χ4v) is 6.81. The van der Waals surface area contributed by atoms with Gasteiger partial charge in [-0.2, -0.15) is 4.98 Å². The molecular formula is C32H45ClN8. The summed E-state index contributed by atoms with van der Waals surface area (Å²) in [6.45, 7) is 8.38. The van der Waals surface area contributed by atoms with Crippen molar-refractivity contribution in [1.82, 2.24) is 19.8 Å². The third kappa shape index (κ3) is 6.09. The van der Waals surface area contributed by atoms with Crippen LogP contribution in [0.3, 0.4) is 0 Å². The molecule has 5 N–H and O–H groups in total. The summed E-state index contributed by atoms with van der Waals surface area (Å²) < 4.78 is 0. The molecule has 1 aromatic carbocycles. The van der Waals surface area contributed by atoms with Gasteiger partial charge >= 0.3 is 0 Å². The summed E-state index contributed by atoms with van der Waals surface area (Å²) >= 11 is 6.28. The van der Waals surface area contributed by atoms with Crippen LogP contribution in [0.15, 0.2) is 46.4 Å². The molecule has 8 nitrogen and oxygen atoms in total. The van der Waals surface area contributed by atoms with E-state index in [4.69, 9.17) is 23.1 Å². The molecule has 2 heterocycles. The van der Waals surface area contributed by atoms with Gasteiger partial charge in [-0.1, -0.05) is 17.7 Å². The van der Waals surface area contributed by atoms with Gasteiger partial charge in [0.1, 0.15) is 10.9 Å². The van der Waals surface area contributed by atoms with Crippen molar-refractivity contribution < 1.29 is 0 Å². The molecule has 41 heavy (non-hydrogen) atoms. The molecule has 0 radical (unpaired) electrons. The minimum Gasteiger partial charge on any atom is -0.402 e. The molecule has 0 atom stereocenters. The van der Waals surface area contributed by atoms with Gasteiger partial charge in [0.05, 0.1) is 11.7 Å². The minimum atomic E-state index is 0.236. The van der Waals surface area contributed by atoms with Crippen molar-refractivity contribution in [1.29, 1.82) is 0 Å². The van der Waals surface area contributed by atoms with Crippen LogP contribution in [0, 0.1) is 13.8 Å². The van der Waals surface area contributed by atoms with Crippen LogP contribution in [0.5, 0.6) is 0 Å². The van der Waals surface area contributed by atoms with Crippen LogP contribution in [-0.2, 0) is 0 Å². The van der Waals surface area contributed by atoms with Crippen LogP contribution in [-0.4, -0.2) is 58.3 Å². The second-order valence-corrected chi connectivity index (χ2v) is 12.7. The van der Waals surface area contributed by atoms with Gasteiger partial charge in [0, 0.05) is 30.2 Å². The maximum Gasteiger partial charge on any atom is 0.229 e. The Morgan fingerprint density at radius 3 is 2.39 bits per heavy atom. The average Bonchev–Trinajstić information content (AvgIpc) is 2.85. The maximum absolute atomic E-state index is 6.28. The monoisotopic (exact) mass is 576 g/mol. The molecule has 2 aromatic rings. The summed E-state index contributed by atoms with van der Waals surface area (Å²) in [7, 11) is 4.57. The lowest BCUT2D eigenvalue weighted by Gasteiger charge is -2.55. The van der Waals surface area contributed by atoms with E-state index in [9.17, 15) is 0 Å². The van der Waals surface area contributed by atoms with Gasteiger partial charge in [0.2, 0.25) is 5.95 Å². The Morgan fingerprint density at radius 2 is 1.83 bits per heavy atom. The Labute approximate surface area is 250 Å². The first-order chi connectivity index (χ1) is 19.6. The quantitative estimate of drug-likeness (QED) is 0.245. The number of nitrogens with two attached hydrogens (primary N) is 2. The van der Waals surface area contributed by atoms with Gasteiger partial charge in [-0.3, -0.25) is 4.90 Å². The van der Waals surface area contributed by atoms with Gasteiger partial charge in [0.25, 0.3) is 0 Å². The van der Waals surface area contributed by atoms with Crippen LogP contribution < -0.4 is 16.8 Å². The van der Waals surface area contributed by atoms with E-state index in [-0.39, 0.29) is 11.4 Å². The number of likely N-dealkylation sites (N-methyl/N-ethyl adjacent to an activating group) is 1. The molecule has 3 fully saturated rings. The highest BCUT2D eigenvalue weighted by molar-refractivity contribution is 6.32. The number of nitrogens with one attached hydrogen (secondary N) is 1. The summed E-state index contributed by atoms with van der Waals surface area (Å²) in [4.78, 5) is 18.4. The Balaban J connectivity index is 1.30. The van der Waals surface area contributed by atoms with E-state index < -0.39 is 0 Å². The lowest BCUT2D eigenvalue weighted by atomic mass is 9.68. The predicted octanol–water partition coefficient (Wildman–Crippen LogP) is 6.44. The van der Waals surface area contributed by atoms with Gasteiger partial charge in [-0.25, -0.2) is 9.98 Å². The molecule has 2 saturated carbocycles. The van der Waals surface area contributed by atoms with Gasteiger partial charge < -0.3 is 21.7 Å². The van der Waals surface area contributed by atoms with E-state index in [2.05, 4.69) is 70.2 Å². The lowest BCUT2D eigenvalue weighted by Crippen LogP contribution is -2.57. The average molecular weight is 577 g/mol. The van der Waals surface area contributed by atoms with Gasteiger partial charge in [-0.15, -0.1) is 0 Å². The number of hydrogen-bond donors (Lipinski definition) is 3. The number of halogens is 1. The predicted molar refractivity (Wildman–Crippen MR) is 170 cm³/mol. The minimum absolute atomic E-state index is 0.236. The number of aromatic nitrogens is 2. The van der Waals surface area contributed by atoms with Crippen LogP contribution >= 0.6 is 11.6 Å². The SMILES string of the molecule is C/C(N)=C/C(N)=Nc1nc(Nc2cc(C)c(C3CCN(C(=C4CCC4)C4(N(C)C)CCC4)CC3)cc2C)ncc1Cl. The van der Waals surface area contributed by atoms with Gasteiger partial charge in [0.15, 0.2) is 5.82 Å². The Morgan fingerprint density at radius 1 is 1.12 bits per heavy atom. The van der Waals surface area contributed by atoms with E-state index in [1.54, 1.807) is 24.3 Å². The smallest absolute Gasteiger partial charge is 0.229 e. The lowest BCUT2D eigenvalue weighted by molar-refractivity contribution is 0.0539. The molecule has 0 spiro atoms. The molecule has 3 aliphatic rings. The molecule has 0 unspecified atom stereocenters. The Bertz CT molecular complexity index is 1370. The van der Waals surface area contributed by atoms with E-state index >= 15 is 0 Å². The number of allylic oxidation sites excluding steroid dienone is 2. The molecule has 1 saturated heterocycles. The Kier molecular flexibility index (Phi) is 8.62. The van der Waals surface area contributed by atoms with Crippen molar-refractivity contribution in [3.05, 3.63) is 63.1 Å². The second-order valence-electron chi connectivity index (χ2n) is 12.3. The highest BCUT2D eigenvalue weighted by Gasteiger charge is 2.47. The van der Waals surface area contributed by atoms with Crippen LogP contribution in [0.1, 0.15) is 80.9 Å². The molecule has 9 heteroatoms. The fourth-order valence-electron chi connectivity index (χ4n) is 6.68. The summed E-state index contributed by atoms with van der Waals surface area (Å²) in [6.07, 6.45) is 13.4. The van der Waals surface area contributed by atoms with E-state index in [0.29, 0.717) is 28.4 Å². The third-order valence-electron chi connectivity index (χ3n) is 9.22. The number of likely N-dealkylation sites (tertiary alicyclic amines) is 1. The van der Waals surface area contributed by atoms with E-state index in [1.165, 1.54) is 68.7 Å². The first-order valence-corrected chi connectivity index (χ1v) is 15.3. The first kappa shape index (κ1) is 29.4. The van der Waals surface area contributed by atoms with Crippen molar-refractivity contribution in [2.45, 2.75) is 83.6 Å². The molecule has 220 valence electrons.